The summed E-state index contributed by atoms with van der Waals surface area (Å²) in [5, 5.41) is 11.8. The zero-order chi connectivity index (χ0) is 56.2. The van der Waals surface area contributed by atoms with Gasteiger partial charge in [0.2, 0.25) is 0 Å². The van der Waals surface area contributed by atoms with Gasteiger partial charge >= 0.3 is 11.9 Å². The second-order valence-corrected chi connectivity index (χ2v) is 23.4. The monoisotopic (exact) mass is 1080 g/mol. The van der Waals surface area contributed by atoms with Crippen LogP contribution in [-0.2, 0) is 33.3 Å². The van der Waals surface area contributed by atoms with Crippen molar-refractivity contribution in [2.45, 2.75) is 322 Å². The number of quaternary nitrogens is 1. The first kappa shape index (κ1) is 74.2. The summed E-state index contributed by atoms with van der Waals surface area (Å²) < 4.78 is 22.7. The highest BCUT2D eigenvalue weighted by Gasteiger charge is 2.22. The Morgan fingerprint density at radius 3 is 1.10 bits per heavy atom. The van der Waals surface area contributed by atoms with Gasteiger partial charge in [0.1, 0.15) is 13.2 Å². The number of ether oxygens (including phenoxy) is 4. The fourth-order valence-electron chi connectivity index (χ4n) is 9.59. The van der Waals surface area contributed by atoms with E-state index in [0.29, 0.717) is 23.9 Å². The third-order valence-electron chi connectivity index (χ3n) is 14.6. The summed E-state index contributed by atoms with van der Waals surface area (Å²) in [6.45, 7) is 4.66. The maximum Gasteiger partial charge on any atom is 0.306 e. The van der Waals surface area contributed by atoms with E-state index in [1.165, 1.54) is 193 Å². The highest BCUT2D eigenvalue weighted by atomic mass is 16.7. The van der Waals surface area contributed by atoms with Gasteiger partial charge < -0.3 is 33.3 Å². The van der Waals surface area contributed by atoms with Gasteiger partial charge in [0.25, 0.3) is 0 Å². The standard InChI is InChI=1S/C68H125NO8/c1-6-8-10-12-14-16-18-20-22-24-26-27-28-29-30-31-32-33-34-35-36-37-38-39-41-42-44-46-48-50-52-54-56-58-65(70)75-62-64(63-76-68(67(72)73)74-61-60-69(3,4)5)77-66(71)59-57-55-53-51-49-47-45-43-40-25-23-21-19-17-15-13-11-9-7-2/h9,11,15,17,21,23,40,43,64,68H,6-8,10,12-14,16,18-20,22,24-39,41-42,44-63H2,1-5H3/b11-9-,17-15-,23-21-,43-40-. The number of esters is 2. The van der Waals surface area contributed by atoms with Crippen LogP contribution in [-0.4, -0.2) is 82.3 Å². The Morgan fingerprint density at radius 1 is 0.403 bits per heavy atom. The molecule has 2 unspecified atom stereocenters. The molecular weight excluding hydrogens is 959 g/mol. The summed E-state index contributed by atoms with van der Waals surface area (Å²) in [6.07, 6.45) is 72.0. The Kier molecular flexibility index (Phi) is 57.3. The van der Waals surface area contributed by atoms with E-state index in [1.54, 1.807) is 0 Å². The average molecular weight is 1080 g/mol. The van der Waals surface area contributed by atoms with Crippen LogP contribution < -0.4 is 5.11 Å². The molecule has 0 bridgehead atoms. The van der Waals surface area contributed by atoms with Crippen molar-refractivity contribution < 1.29 is 42.9 Å². The SMILES string of the molecule is CC/C=C\C/C=C\C/C=C\C/C=C\CCCCCCCCC(=O)OC(COC(=O)CCCCCCCCCCCCCCCCCCCCCCCCCCCCCCCCCCC)COC(OCC[N+](C)(C)C)C(=O)[O-]. The lowest BCUT2D eigenvalue weighted by atomic mass is 10.0. The zero-order valence-electron chi connectivity index (χ0n) is 51.3. The molecule has 0 aromatic rings. The smallest absolute Gasteiger partial charge is 0.306 e. The predicted octanol–water partition coefficient (Wildman–Crippen LogP) is 18.5. The van der Waals surface area contributed by atoms with Gasteiger partial charge in [-0.3, -0.25) is 9.59 Å². The van der Waals surface area contributed by atoms with Crippen LogP contribution in [0.2, 0.25) is 0 Å². The molecule has 0 fully saturated rings. The van der Waals surface area contributed by atoms with E-state index >= 15 is 0 Å². The molecular formula is C68H125NO8. The number of carbonyl (C=O) groups is 3. The number of aliphatic carboxylic acids is 1. The lowest BCUT2D eigenvalue weighted by Crippen LogP contribution is -2.44. The molecule has 0 radical (unpaired) electrons. The van der Waals surface area contributed by atoms with Crippen LogP contribution in [0.5, 0.6) is 0 Å². The largest absolute Gasteiger partial charge is 0.545 e. The first-order chi connectivity index (χ1) is 37.6. The third kappa shape index (κ3) is 60.7. The van der Waals surface area contributed by atoms with Crippen molar-refractivity contribution in [3.63, 3.8) is 0 Å². The summed E-state index contributed by atoms with van der Waals surface area (Å²) in [6, 6.07) is 0. The molecule has 0 aromatic heterocycles. The fourth-order valence-corrected chi connectivity index (χ4v) is 9.59. The number of unbranched alkanes of at least 4 members (excludes halogenated alkanes) is 38. The van der Waals surface area contributed by atoms with Crippen molar-refractivity contribution in [2.75, 3.05) is 47.5 Å². The minimum atomic E-state index is -1.63. The second kappa shape index (κ2) is 59.4. The number of carbonyl (C=O) groups excluding carboxylic acids is 3. The number of nitrogens with zero attached hydrogens (tertiary/aromatic N) is 1. The highest BCUT2D eigenvalue weighted by Crippen LogP contribution is 2.18. The maximum atomic E-state index is 12.9. The van der Waals surface area contributed by atoms with Gasteiger partial charge in [-0.2, -0.15) is 0 Å². The fraction of sp³-hybridized carbons (Fsp3) is 0.838. The van der Waals surface area contributed by atoms with Crippen LogP contribution >= 0.6 is 0 Å². The zero-order valence-corrected chi connectivity index (χ0v) is 51.3. The van der Waals surface area contributed by atoms with Crippen LogP contribution in [0.4, 0.5) is 0 Å². The normalized spacial score (nSPS) is 13.0. The number of carboxylic acids is 1. The first-order valence-electron chi connectivity index (χ1n) is 32.8. The Bertz CT molecular complexity index is 1400. The van der Waals surface area contributed by atoms with E-state index in [2.05, 4.69) is 62.5 Å². The summed E-state index contributed by atoms with van der Waals surface area (Å²) in [5.41, 5.74) is 0. The molecule has 77 heavy (non-hydrogen) atoms. The Hall–Kier alpha value is -2.75. The molecule has 0 spiro atoms. The van der Waals surface area contributed by atoms with Gasteiger partial charge in [0.05, 0.1) is 40.3 Å². The quantitative estimate of drug-likeness (QED) is 0.0195. The van der Waals surface area contributed by atoms with Gasteiger partial charge in [0.15, 0.2) is 12.4 Å². The van der Waals surface area contributed by atoms with Gasteiger partial charge in [-0.1, -0.05) is 294 Å². The van der Waals surface area contributed by atoms with Crippen molar-refractivity contribution in [3.05, 3.63) is 48.6 Å². The molecule has 0 saturated carbocycles. The Labute approximate surface area is 476 Å². The molecule has 0 aromatic carbocycles. The molecule has 0 N–H and O–H groups in total. The van der Waals surface area contributed by atoms with Crippen molar-refractivity contribution in [3.8, 4) is 0 Å². The average Bonchev–Trinajstić information content (AvgIpc) is 3.40. The number of likely N-dealkylation sites (N-methyl/N-ethyl adjacent to an activating group) is 1. The summed E-state index contributed by atoms with van der Waals surface area (Å²) >= 11 is 0. The Balaban J connectivity index is 4.05. The molecule has 0 amide bonds. The number of hydrogen-bond donors (Lipinski definition) is 0. The van der Waals surface area contributed by atoms with E-state index < -0.39 is 24.3 Å². The van der Waals surface area contributed by atoms with E-state index in [0.717, 1.165) is 83.5 Å². The van der Waals surface area contributed by atoms with Crippen molar-refractivity contribution in [2.24, 2.45) is 0 Å². The Morgan fingerprint density at radius 2 is 0.740 bits per heavy atom. The molecule has 0 aliphatic heterocycles. The van der Waals surface area contributed by atoms with E-state index in [4.69, 9.17) is 18.9 Å². The highest BCUT2D eigenvalue weighted by molar-refractivity contribution is 5.70. The number of rotatable bonds is 61. The summed E-state index contributed by atoms with van der Waals surface area (Å²) in [7, 11) is 5.92. The molecule has 0 aliphatic rings. The van der Waals surface area contributed by atoms with Crippen LogP contribution in [0, 0.1) is 0 Å². The van der Waals surface area contributed by atoms with Gasteiger partial charge in [0, 0.05) is 12.8 Å². The summed E-state index contributed by atoms with van der Waals surface area (Å²) in [4.78, 5) is 37.4. The number of carboxylic acid groups (broad SMARTS) is 1. The topological polar surface area (TPSA) is 111 Å². The third-order valence-corrected chi connectivity index (χ3v) is 14.6. The lowest BCUT2D eigenvalue weighted by molar-refractivity contribution is -0.870. The molecule has 0 heterocycles. The van der Waals surface area contributed by atoms with Crippen molar-refractivity contribution >= 4 is 17.9 Å². The minimum Gasteiger partial charge on any atom is -0.545 e. The van der Waals surface area contributed by atoms with Crippen molar-refractivity contribution in [1.29, 1.82) is 0 Å². The molecule has 0 saturated heterocycles. The van der Waals surface area contributed by atoms with E-state index in [-0.39, 0.29) is 32.2 Å². The van der Waals surface area contributed by atoms with Gasteiger partial charge in [-0.25, -0.2) is 0 Å². The van der Waals surface area contributed by atoms with E-state index in [9.17, 15) is 19.5 Å². The van der Waals surface area contributed by atoms with Gasteiger partial charge in [-0.15, -0.1) is 0 Å². The predicted molar refractivity (Wildman–Crippen MR) is 325 cm³/mol. The minimum absolute atomic E-state index is 0.145. The first-order valence-corrected chi connectivity index (χ1v) is 32.8. The molecule has 2 atom stereocenters. The number of allylic oxidation sites excluding steroid dienone is 8. The maximum absolute atomic E-state index is 12.9. The molecule has 450 valence electrons. The lowest BCUT2D eigenvalue weighted by Gasteiger charge is -2.26. The second-order valence-electron chi connectivity index (χ2n) is 23.4. The van der Waals surface area contributed by atoms with Crippen LogP contribution in [0.1, 0.15) is 309 Å². The van der Waals surface area contributed by atoms with Crippen LogP contribution in [0.3, 0.4) is 0 Å². The van der Waals surface area contributed by atoms with Gasteiger partial charge in [-0.05, 0) is 51.4 Å². The molecule has 0 rings (SSSR count). The van der Waals surface area contributed by atoms with Crippen LogP contribution in [0.25, 0.3) is 0 Å². The molecule has 9 nitrogen and oxygen atoms in total. The van der Waals surface area contributed by atoms with E-state index in [1.807, 2.05) is 21.1 Å². The summed E-state index contributed by atoms with van der Waals surface area (Å²) in [5.74, 6) is -2.29. The van der Waals surface area contributed by atoms with Crippen molar-refractivity contribution in [1.82, 2.24) is 0 Å². The molecule has 0 aliphatic carbocycles. The number of hydrogen-bond acceptors (Lipinski definition) is 8. The molecule has 9 heteroatoms. The van der Waals surface area contributed by atoms with Crippen LogP contribution in [0.15, 0.2) is 48.6 Å².